The van der Waals surface area contributed by atoms with E-state index < -0.39 is 0 Å². The summed E-state index contributed by atoms with van der Waals surface area (Å²) in [5, 5.41) is 0. The van der Waals surface area contributed by atoms with Gasteiger partial charge in [0.2, 0.25) is 0 Å². The highest BCUT2D eigenvalue weighted by Crippen LogP contribution is 2.23. The van der Waals surface area contributed by atoms with E-state index in [1.54, 1.807) is 0 Å². The van der Waals surface area contributed by atoms with Gasteiger partial charge in [-0.15, -0.1) is 0 Å². The molecule has 0 spiro atoms. The van der Waals surface area contributed by atoms with Crippen LogP contribution < -0.4 is 0 Å². The third kappa shape index (κ3) is 2.58. The van der Waals surface area contributed by atoms with Crippen molar-refractivity contribution < 1.29 is 0 Å². The van der Waals surface area contributed by atoms with Gasteiger partial charge < -0.3 is 0 Å². The van der Waals surface area contributed by atoms with Crippen molar-refractivity contribution in [2.45, 2.75) is 40.0 Å². The van der Waals surface area contributed by atoms with Gasteiger partial charge >= 0.3 is 0 Å². The second-order valence-corrected chi connectivity index (χ2v) is 3.54. The Balaban J connectivity index is 2.85. The minimum atomic E-state index is 1.14. The van der Waals surface area contributed by atoms with Crippen LogP contribution in [0.25, 0.3) is 0 Å². The molecule has 0 saturated carbocycles. The summed E-state index contributed by atoms with van der Waals surface area (Å²) in [5.41, 5.74) is 2.94. The van der Waals surface area contributed by atoms with Gasteiger partial charge in [-0.2, -0.15) is 0 Å². The number of hydrogen-bond donors (Lipinski definition) is 0. The highest BCUT2D eigenvalue weighted by molar-refractivity contribution is 5.37. The molecule has 0 heterocycles. The topological polar surface area (TPSA) is 0 Å². The van der Waals surface area contributed by atoms with E-state index in [1.165, 1.54) is 29.9 Å². The zero-order chi connectivity index (χ0) is 9.68. The minimum Gasteiger partial charge on any atom is -0.0654 e. The fourth-order valence-corrected chi connectivity index (χ4v) is 1.75. The lowest BCUT2D eigenvalue weighted by Gasteiger charge is -2.13. The lowest BCUT2D eigenvalue weighted by atomic mass is 9.91. The van der Waals surface area contributed by atoms with Crippen molar-refractivity contribution in [2.75, 3.05) is 0 Å². The Kier molecular flexibility index (Phi) is 4.01. The summed E-state index contributed by atoms with van der Waals surface area (Å²) in [6, 6.07) is 8.73. The molecule has 0 atom stereocenters. The van der Waals surface area contributed by atoms with Gasteiger partial charge in [0.25, 0.3) is 0 Å². The molecular formula is C13H19. The second kappa shape index (κ2) is 5.06. The molecule has 0 N–H and O–H groups in total. The highest BCUT2D eigenvalue weighted by Gasteiger charge is 2.07. The Morgan fingerprint density at radius 2 is 1.85 bits per heavy atom. The molecule has 1 rings (SSSR count). The van der Waals surface area contributed by atoms with Crippen LogP contribution in [0.3, 0.4) is 0 Å². The summed E-state index contributed by atoms with van der Waals surface area (Å²) in [5.74, 6) is 1.53. The Hall–Kier alpha value is -0.780. The van der Waals surface area contributed by atoms with Crippen LogP contribution in [0.1, 0.15) is 44.7 Å². The van der Waals surface area contributed by atoms with Crippen LogP contribution in [0.5, 0.6) is 0 Å². The average molecular weight is 175 g/mol. The van der Waals surface area contributed by atoms with E-state index >= 15 is 0 Å². The Morgan fingerprint density at radius 3 is 2.46 bits per heavy atom. The van der Waals surface area contributed by atoms with Crippen molar-refractivity contribution in [1.82, 2.24) is 0 Å². The van der Waals surface area contributed by atoms with E-state index in [4.69, 9.17) is 0 Å². The van der Waals surface area contributed by atoms with E-state index in [2.05, 4.69) is 45.0 Å². The van der Waals surface area contributed by atoms with Crippen molar-refractivity contribution in [2.24, 2.45) is 0 Å². The molecule has 0 saturated heterocycles. The van der Waals surface area contributed by atoms with Crippen LogP contribution in [0.2, 0.25) is 0 Å². The monoisotopic (exact) mass is 175 g/mol. The largest absolute Gasteiger partial charge is 0.0654 e. The van der Waals surface area contributed by atoms with E-state index in [9.17, 15) is 0 Å². The minimum absolute atomic E-state index is 1.14. The van der Waals surface area contributed by atoms with Gasteiger partial charge in [0.1, 0.15) is 0 Å². The van der Waals surface area contributed by atoms with Crippen LogP contribution >= 0.6 is 0 Å². The molecule has 1 aromatic carbocycles. The Bertz CT molecular complexity index is 250. The van der Waals surface area contributed by atoms with Gasteiger partial charge in [-0.1, -0.05) is 51.5 Å². The molecule has 0 amide bonds. The standard InChI is InChI=1S/C13H19/c1-4-8-11(3)13-10-7-6-9-12(13)5-2/h6-7,9-10H,4-5,8H2,1-3H3. The van der Waals surface area contributed by atoms with Gasteiger partial charge in [0.15, 0.2) is 0 Å². The molecule has 71 valence electrons. The smallest absolute Gasteiger partial charge is 0.00216 e. The summed E-state index contributed by atoms with van der Waals surface area (Å²) in [4.78, 5) is 0. The molecule has 1 radical (unpaired) electrons. The van der Waals surface area contributed by atoms with Crippen LogP contribution in [0.4, 0.5) is 0 Å². The molecule has 0 aromatic heterocycles. The molecular weight excluding hydrogens is 156 g/mol. The predicted molar refractivity (Wildman–Crippen MR) is 58.7 cm³/mol. The normalized spacial score (nSPS) is 10.8. The number of aryl methyl sites for hydroxylation is 1. The first kappa shape index (κ1) is 10.3. The molecule has 0 aliphatic heterocycles. The first-order chi connectivity index (χ1) is 6.29. The zero-order valence-corrected chi connectivity index (χ0v) is 8.93. The molecule has 13 heavy (non-hydrogen) atoms. The van der Waals surface area contributed by atoms with E-state index in [0.29, 0.717) is 0 Å². The summed E-state index contributed by atoms with van der Waals surface area (Å²) in [6.07, 6.45) is 3.60. The maximum absolute atomic E-state index is 2.25. The molecule has 0 fully saturated rings. The molecule has 0 nitrogen and oxygen atoms in total. The third-order valence-electron chi connectivity index (χ3n) is 2.48. The Labute approximate surface area is 82.0 Å². The van der Waals surface area contributed by atoms with Crippen LogP contribution in [-0.4, -0.2) is 0 Å². The zero-order valence-electron chi connectivity index (χ0n) is 8.93. The summed E-state index contributed by atoms with van der Waals surface area (Å²) < 4.78 is 0. The maximum atomic E-state index is 2.25. The third-order valence-corrected chi connectivity index (χ3v) is 2.48. The summed E-state index contributed by atoms with van der Waals surface area (Å²) >= 11 is 0. The second-order valence-electron chi connectivity index (χ2n) is 3.54. The average Bonchev–Trinajstić information content (AvgIpc) is 2.18. The number of hydrogen-bond acceptors (Lipinski definition) is 0. The van der Waals surface area contributed by atoms with Crippen molar-refractivity contribution in [3.63, 3.8) is 0 Å². The van der Waals surface area contributed by atoms with Gasteiger partial charge in [-0.05, 0) is 24.0 Å². The van der Waals surface area contributed by atoms with Gasteiger partial charge in [0, 0.05) is 5.92 Å². The van der Waals surface area contributed by atoms with Crippen LogP contribution in [0, 0.1) is 5.92 Å². The summed E-state index contributed by atoms with van der Waals surface area (Å²) in [7, 11) is 0. The van der Waals surface area contributed by atoms with E-state index in [1.807, 2.05) is 0 Å². The van der Waals surface area contributed by atoms with Crippen LogP contribution in [0.15, 0.2) is 24.3 Å². The maximum Gasteiger partial charge on any atom is 0.00216 e. The SMILES string of the molecule is CCC[C](C)c1ccccc1CC. The molecule has 0 aliphatic rings. The molecule has 1 aromatic rings. The predicted octanol–water partition coefficient (Wildman–Crippen LogP) is 3.99. The first-order valence-electron chi connectivity index (χ1n) is 5.20. The van der Waals surface area contributed by atoms with Crippen molar-refractivity contribution >= 4 is 0 Å². The van der Waals surface area contributed by atoms with Gasteiger partial charge in [-0.25, -0.2) is 0 Å². The quantitative estimate of drug-likeness (QED) is 0.649. The fourth-order valence-electron chi connectivity index (χ4n) is 1.75. The van der Waals surface area contributed by atoms with E-state index in [-0.39, 0.29) is 0 Å². The Morgan fingerprint density at radius 1 is 1.15 bits per heavy atom. The lowest BCUT2D eigenvalue weighted by molar-refractivity contribution is 0.821. The molecule has 0 unspecified atom stereocenters. The molecule has 0 heteroatoms. The molecule has 0 aliphatic carbocycles. The van der Waals surface area contributed by atoms with Gasteiger partial charge in [-0.3, -0.25) is 0 Å². The summed E-state index contributed by atoms with van der Waals surface area (Å²) in [6.45, 7) is 6.70. The molecule has 0 bridgehead atoms. The number of benzene rings is 1. The number of rotatable bonds is 4. The highest BCUT2D eigenvalue weighted by atomic mass is 14.1. The fraction of sp³-hybridized carbons (Fsp3) is 0.462. The van der Waals surface area contributed by atoms with Crippen molar-refractivity contribution in [3.8, 4) is 0 Å². The van der Waals surface area contributed by atoms with Crippen molar-refractivity contribution in [1.29, 1.82) is 0 Å². The van der Waals surface area contributed by atoms with Gasteiger partial charge in [0.05, 0.1) is 0 Å². The lowest BCUT2D eigenvalue weighted by Crippen LogP contribution is -1.98. The van der Waals surface area contributed by atoms with Crippen molar-refractivity contribution in [3.05, 3.63) is 41.3 Å². The van der Waals surface area contributed by atoms with E-state index in [0.717, 1.165) is 6.42 Å². The first-order valence-corrected chi connectivity index (χ1v) is 5.20. The van der Waals surface area contributed by atoms with Crippen LogP contribution in [-0.2, 0) is 6.42 Å².